The third kappa shape index (κ3) is 14.1. The molecule has 6 aromatic rings. The maximum Gasteiger partial charge on any atom is 0.410 e. The van der Waals surface area contributed by atoms with Gasteiger partial charge in [0.2, 0.25) is 0 Å². The highest BCUT2D eigenvalue weighted by molar-refractivity contribution is 6.31. The summed E-state index contributed by atoms with van der Waals surface area (Å²) in [5.74, 6) is 1.71. The van der Waals surface area contributed by atoms with Gasteiger partial charge in [-0.3, -0.25) is 9.80 Å². The topological polar surface area (TPSA) is 124 Å². The maximum absolute atomic E-state index is 12.9. The van der Waals surface area contributed by atoms with E-state index in [0.717, 1.165) is 94.7 Å². The monoisotopic (exact) mass is 1030 g/mol. The average Bonchev–Trinajstić information content (AvgIpc) is 4.15. The summed E-state index contributed by atoms with van der Waals surface area (Å²) in [6.07, 6.45) is 13.1. The first kappa shape index (κ1) is 53.9. The Balaban J connectivity index is 0.000000195. The summed E-state index contributed by atoms with van der Waals surface area (Å²) < 4.78 is 22.8. The second-order valence-electron chi connectivity index (χ2n) is 19.8. The van der Waals surface area contributed by atoms with Gasteiger partial charge in [0.15, 0.2) is 0 Å². The molecule has 392 valence electrons. The minimum Gasteiger partial charge on any atom is -0.494 e. The first-order valence-corrected chi connectivity index (χ1v) is 27.7. The van der Waals surface area contributed by atoms with Crippen LogP contribution in [0.4, 0.5) is 9.59 Å². The number of benzene rings is 4. The Morgan fingerprint density at radius 3 is 1.51 bits per heavy atom. The highest BCUT2D eigenvalue weighted by Crippen LogP contribution is 2.41. The van der Waals surface area contributed by atoms with E-state index in [0.29, 0.717) is 49.0 Å². The molecule has 2 atom stereocenters. The SMILES string of the molecule is CCOC(=O)N1CCc2c([nH]c3ccc(Cl)cc23)C1c1ccc(OCCCCCCN2CCCC2)cc1.CCOC(=O)N1CCc2c([nH]c3ccc(Cl)cc23)C1c1ccc(OCCCCCCNC(C)C)cc1. The van der Waals surface area contributed by atoms with Crippen molar-refractivity contribution >= 4 is 57.2 Å². The standard InChI is InChI=1S/C30H38ClN3O3.C29H38ClN3O3/c1-2-36-30(35)34-19-15-25-26-21-23(31)11-14-27(26)32-28(25)29(34)22-9-12-24(13-10-22)37-20-8-4-3-5-16-33-17-6-7-18-33;1-4-35-29(34)33-17-15-24-25-19-22(30)11-14-26(25)32-27(24)28(33)21-9-12-23(13-10-21)36-18-8-6-5-7-16-31-20(2)3/h9-14,21,29,32H,2-8,15-20H2,1H3;9-14,19-20,28,31-32H,4-8,15-18H2,1-3H3. The van der Waals surface area contributed by atoms with Crippen molar-refractivity contribution in [2.75, 3.05) is 65.7 Å². The number of ether oxygens (including phenoxy) is 4. The van der Waals surface area contributed by atoms with Crippen molar-refractivity contribution in [2.24, 2.45) is 0 Å². The number of fused-ring (bicyclic) bond motifs is 6. The highest BCUT2D eigenvalue weighted by atomic mass is 35.5. The van der Waals surface area contributed by atoms with Gasteiger partial charge in [-0.05, 0) is 174 Å². The summed E-state index contributed by atoms with van der Waals surface area (Å²) >= 11 is 12.6. The number of unbranched alkanes of at least 4 members (excludes halogenated alkanes) is 6. The molecule has 2 unspecified atom stereocenters. The molecule has 1 fully saturated rings. The Morgan fingerprint density at radius 2 is 1.05 bits per heavy atom. The first-order valence-electron chi connectivity index (χ1n) is 27.0. The van der Waals surface area contributed by atoms with Crippen molar-refractivity contribution in [3.8, 4) is 11.5 Å². The fourth-order valence-electron chi connectivity index (χ4n) is 10.7. The molecule has 14 heteroatoms. The number of nitrogens with one attached hydrogen (secondary N) is 3. The van der Waals surface area contributed by atoms with E-state index in [9.17, 15) is 9.59 Å². The van der Waals surface area contributed by atoms with Gasteiger partial charge in [-0.2, -0.15) is 0 Å². The predicted molar refractivity (Wildman–Crippen MR) is 295 cm³/mol. The summed E-state index contributed by atoms with van der Waals surface area (Å²) in [5, 5.41) is 7.12. The number of rotatable bonds is 21. The van der Waals surface area contributed by atoms with Crippen LogP contribution in [0.3, 0.4) is 0 Å². The number of H-pyrrole nitrogens is 2. The molecule has 4 aromatic carbocycles. The molecule has 0 radical (unpaired) electrons. The molecule has 0 aliphatic carbocycles. The van der Waals surface area contributed by atoms with E-state index in [2.05, 4.69) is 58.3 Å². The Morgan fingerprint density at radius 1 is 0.603 bits per heavy atom. The molecular weight excluding hydrogens is 960 g/mol. The van der Waals surface area contributed by atoms with E-state index >= 15 is 0 Å². The summed E-state index contributed by atoms with van der Waals surface area (Å²) in [4.78, 5) is 39.1. The van der Waals surface area contributed by atoms with Gasteiger partial charge in [0.25, 0.3) is 0 Å². The van der Waals surface area contributed by atoms with Crippen LogP contribution in [0.15, 0.2) is 84.9 Å². The number of halogens is 2. The van der Waals surface area contributed by atoms with Crippen molar-refractivity contribution in [3.05, 3.63) is 129 Å². The van der Waals surface area contributed by atoms with E-state index in [-0.39, 0.29) is 24.3 Å². The largest absolute Gasteiger partial charge is 0.494 e. The van der Waals surface area contributed by atoms with Gasteiger partial charge < -0.3 is 39.1 Å². The van der Waals surface area contributed by atoms with E-state index in [4.69, 9.17) is 42.1 Å². The van der Waals surface area contributed by atoms with Crippen LogP contribution in [0, 0.1) is 0 Å². The molecule has 0 saturated carbocycles. The van der Waals surface area contributed by atoms with Crippen molar-refractivity contribution in [1.29, 1.82) is 0 Å². The maximum atomic E-state index is 12.9. The van der Waals surface area contributed by atoms with Crippen LogP contribution in [0.25, 0.3) is 21.8 Å². The summed E-state index contributed by atoms with van der Waals surface area (Å²) in [6.45, 7) is 16.2. The Hall–Kier alpha value is -5.40. The fourth-order valence-corrected chi connectivity index (χ4v) is 11.0. The minimum absolute atomic E-state index is 0.251. The zero-order valence-corrected chi connectivity index (χ0v) is 44.9. The zero-order chi connectivity index (χ0) is 51.1. The lowest BCUT2D eigenvalue weighted by atomic mass is 9.92. The van der Waals surface area contributed by atoms with Crippen LogP contribution < -0.4 is 14.8 Å². The van der Waals surface area contributed by atoms with Gasteiger partial charge >= 0.3 is 12.2 Å². The Labute approximate surface area is 442 Å². The molecule has 0 spiro atoms. The van der Waals surface area contributed by atoms with Gasteiger partial charge in [-0.15, -0.1) is 0 Å². The molecule has 3 N–H and O–H groups in total. The smallest absolute Gasteiger partial charge is 0.410 e. The van der Waals surface area contributed by atoms with Crippen LogP contribution in [-0.4, -0.2) is 109 Å². The van der Waals surface area contributed by atoms with Crippen LogP contribution in [0.5, 0.6) is 11.5 Å². The van der Waals surface area contributed by atoms with Crippen molar-refractivity contribution in [2.45, 2.75) is 123 Å². The second-order valence-corrected chi connectivity index (χ2v) is 20.7. The summed E-state index contributed by atoms with van der Waals surface area (Å²) in [5.41, 5.74) is 8.58. The Bertz CT molecular complexity index is 2700. The van der Waals surface area contributed by atoms with E-state index in [1.165, 1.54) is 82.1 Å². The van der Waals surface area contributed by atoms with Gasteiger partial charge in [-0.25, -0.2) is 9.59 Å². The van der Waals surface area contributed by atoms with E-state index in [1.807, 2.05) is 84.3 Å². The lowest BCUT2D eigenvalue weighted by Gasteiger charge is -2.35. The molecule has 3 aliphatic rings. The zero-order valence-electron chi connectivity index (χ0n) is 43.4. The number of aromatic amines is 2. The van der Waals surface area contributed by atoms with Crippen molar-refractivity contribution in [1.82, 2.24) is 30.0 Å². The lowest BCUT2D eigenvalue weighted by Crippen LogP contribution is -2.40. The number of carbonyl (C=O) groups is 2. The van der Waals surface area contributed by atoms with Gasteiger partial charge in [0, 0.05) is 62.4 Å². The number of aromatic nitrogens is 2. The van der Waals surface area contributed by atoms with Crippen LogP contribution in [-0.2, 0) is 22.3 Å². The van der Waals surface area contributed by atoms with Crippen LogP contribution in [0.2, 0.25) is 10.0 Å². The fraction of sp³-hybridized carbons (Fsp3) is 0.492. The minimum atomic E-state index is -0.297. The van der Waals surface area contributed by atoms with E-state index in [1.54, 1.807) is 0 Å². The quantitative estimate of drug-likeness (QED) is 0.0609. The number of hydrogen-bond acceptors (Lipinski definition) is 8. The molecule has 3 aliphatic heterocycles. The molecule has 2 amide bonds. The first-order chi connectivity index (χ1) is 35.6. The van der Waals surface area contributed by atoms with Crippen molar-refractivity contribution in [3.63, 3.8) is 0 Å². The van der Waals surface area contributed by atoms with Gasteiger partial charge in [-0.1, -0.05) is 87.0 Å². The second kappa shape index (κ2) is 26.7. The predicted octanol–water partition coefficient (Wildman–Crippen LogP) is 13.8. The number of carbonyl (C=O) groups excluding carboxylic acids is 2. The molecule has 73 heavy (non-hydrogen) atoms. The molecule has 1 saturated heterocycles. The molecule has 2 aromatic heterocycles. The van der Waals surface area contributed by atoms with Crippen molar-refractivity contribution < 1.29 is 28.5 Å². The summed E-state index contributed by atoms with van der Waals surface area (Å²) in [7, 11) is 0. The van der Waals surface area contributed by atoms with Crippen LogP contribution in [0.1, 0.15) is 138 Å². The van der Waals surface area contributed by atoms with Gasteiger partial charge in [0.1, 0.15) is 23.6 Å². The lowest BCUT2D eigenvalue weighted by molar-refractivity contribution is 0.0924. The molecule has 9 rings (SSSR count). The highest BCUT2D eigenvalue weighted by Gasteiger charge is 2.37. The van der Waals surface area contributed by atoms with Crippen LogP contribution >= 0.6 is 23.2 Å². The molecule has 12 nitrogen and oxygen atoms in total. The number of likely N-dealkylation sites (tertiary alicyclic amines) is 1. The third-order valence-corrected chi connectivity index (χ3v) is 14.8. The third-order valence-electron chi connectivity index (χ3n) is 14.3. The molecule has 5 heterocycles. The number of amides is 2. The number of nitrogens with zero attached hydrogens (tertiary/aromatic N) is 3. The summed E-state index contributed by atoms with van der Waals surface area (Å²) in [6, 6.07) is 28.1. The normalized spacial score (nSPS) is 16.6. The average molecular weight is 1040 g/mol. The van der Waals surface area contributed by atoms with Gasteiger partial charge in [0.05, 0.1) is 26.4 Å². The van der Waals surface area contributed by atoms with E-state index < -0.39 is 0 Å². The Kier molecular flexibility index (Phi) is 19.7. The molecule has 0 bridgehead atoms. The number of hydrogen-bond donors (Lipinski definition) is 3. The molecular formula is C59H76Cl2N6O6.